The lowest BCUT2D eigenvalue weighted by molar-refractivity contribution is -0.129. The number of rotatable bonds is 3. The van der Waals surface area contributed by atoms with E-state index < -0.39 is 5.92 Å². The maximum absolute atomic E-state index is 12.4. The van der Waals surface area contributed by atoms with Gasteiger partial charge >= 0.3 is 0 Å². The summed E-state index contributed by atoms with van der Waals surface area (Å²) in [5.74, 6) is -2.56. The molecular weight excluding hydrogens is 190 g/mol. The van der Waals surface area contributed by atoms with Crippen molar-refractivity contribution in [2.24, 2.45) is 5.92 Å². The molecule has 2 fully saturated rings. The van der Waals surface area contributed by atoms with Gasteiger partial charge in [0.05, 0.1) is 6.04 Å². The van der Waals surface area contributed by atoms with Crippen molar-refractivity contribution in [1.82, 2.24) is 10.6 Å². The van der Waals surface area contributed by atoms with Gasteiger partial charge < -0.3 is 10.6 Å². The Morgan fingerprint density at radius 2 is 2.14 bits per heavy atom. The number of hydrogen-bond donors (Lipinski definition) is 2. The van der Waals surface area contributed by atoms with E-state index in [2.05, 4.69) is 10.6 Å². The van der Waals surface area contributed by atoms with Crippen LogP contribution in [0, 0.1) is 5.92 Å². The van der Waals surface area contributed by atoms with Crippen LogP contribution in [0.2, 0.25) is 0 Å². The summed E-state index contributed by atoms with van der Waals surface area (Å²) in [7, 11) is 0. The quantitative estimate of drug-likeness (QED) is 0.703. The van der Waals surface area contributed by atoms with Gasteiger partial charge in [0.2, 0.25) is 11.8 Å². The van der Waals surface area contributed by atoms with Crippen molar-refractivity contribution < 1.29 is 13.6 Å². The molecule has 0 aromatic carbocycles. The number of alkyl halides is 2. The van der Waals surface area contributed by atoms with E-state index in [1.54, 1.807) is 0 Å². The van der Waals surface area contributed by atoms with Gasteiger partial charge in [-0.1, -0.05) is 0 Å². The predicted molar refractivity (Wildman–Crippen MR) is 47.1 cm³/mol. The number of carbonyl (C=O) groups is 1. The molecule has 1 saturated heterocycles. The van der Waals surface area contributed by atoms with Gasteiger partial charge in [0.25, 0.3) is 0 Å². The first-order valence-electron chi connectivity index (χ1n) is 4.96. The van der Waals surface area contributed by atoms with Gasteiger partial charge in [-0.05, 0) is 18.9 Å². The number of amides is 1. The molecule has 2 N–H and O–H groups in total. The third-order valence-corrected chi connectivity index (χ3v) is 2.88. The van der Waals surface area contributed by atoms with Crippen LogP contribution in [0.25, 0.3) is 0 Å². The van der Waals surface area contributed by atoms with E-state index in [1.807, 2.05) is 0 Å². The Kier molecular flexibility index (Phi) is 2.43. The molecule has 0 bridgehead atoms. The minimum Gasteiger partial charge on any atom is -0.354 e. The summed E-state index contributed by atoms with van der Waals surface area (Å²) < 4.78 is 24.8. The predicted octanol–water partition coefficient (Wildman–Crippen LogP) is 0.510. The van der Waals surface area contributed by atoms with Crippen LogP contribution in [0.15, 0.2) is 0 Å². The third-order valence-electron chi connectivity index (χ3n) is 2.88. The fourth-order valence-electron chi connectivity index (χ4n) is 1.81. The van der Waals surface area contributed by atoms with Crippen molar-refractivity contribution in [2.75, 3.05) is 13.1 Å². The molecule has 1 heterocycles. The molecule has 1 aliphatic carbocycles. The number of carbonyl (C=O) groups excluding carboxylic acids is 1. The Balaban J connectivity index is 1.61. The fraction of sp³-hybridized carbons (Fsp3) is 0.889. The van der Waals surface area contributed by atoms with E-state index in [0.29, 0.717) is 6.54 Å². The minimum atomic E-state index is -2.48. The second-order valence-electron chi connectivity index (χ2n) is 4.17. The highest BCUT2D eigenvalue weighted by Gasteiger charge is 2.45. The van der Waals surface area contributed by atoms with E-state index in [4.69, 9.17) is 0 Å². The van der Waals surface area contributed by atoms with Gasteiger partial charge in [-0.3, -0.25) is 4.79 Å². The zero-order valence-electron chi connectivity index (χ0n) is 7.85. The monoisotopic (exact) mass is 204 g/mol. The van der Waals surface area contributed by atoms with E-state index in [9.17, 15) is 13.6 Å². The highest BCUT2D eigenvalue weighted by Crippen LogP contribution is 2.41. The molecule has 1 amide bonds. The summed E-state index contributed by atoms with van der Waals surface area (Å²) in [5.41, 5.74) is 0. The van der Waals surface area contributed by atoms with Gasteiger partial charge in [0.1, 0.15) is 0 Å². The Bertz CT molecular complexity index is 233. The van der Waals surface area contributed by atoms with Crippen molar-refractivity contribution in [3.05, 3.63) is 0 Å². The molecule has 0 aromatic heterocycles. The van der Waals surface area contributed by atoms with Gasteiger partial charge in [-0.25, -0.2) is 8.78 Å². The Morgan fingerprint density at radius 3 is 2.57 bits per heavy atom. The summed E-state index contributed by atoms with van der Waals surface area (Å²) in [4.78, 5) is 11.3. The highest BCUT2D eigenvalue weighted by atomic mass is 19.3. The Hall–Kier alpha value is -0.710. The number of hydrogen-bond acceptors (Lipinski definition) is 2. The van der Waals surface area contributed by atoms with E-state index >= 15 is 0 Å². The molecular formula is C9H14F2N2O. The summed E-state index contributed by atoms with van der Waals surface area (Å²) in [6.07, 6.45) is 0.698. The van der Waals surface area contributed by atoms with Crippen LogP contribution >= 0.6 is 0 Å². The van der Waals surface area contributed by atoms with Crippen LogP contribution in [0.4, 0.5) is 8.78 Å². The molecule has 80 valence electrons. The molecule has 2 rings (SSSR count). The summed E-state index contributed by atoms with van der Waals surface area (Å²) >= 11 is 0. The molecule has 3 nitrogen and oxygen atoms in total. The summed E-state index contributed by atoms with van der Waals surface area (Å²) in [5, 5.41) is 5.65. The number of nitrogens with one attached hydrogen (secondary N) is 2. The molecule has 1 saturated carbocycles. The first-order chi connectivity index (χ1) is 6.57. The van der Waals surface area contributed by atoms with E-state index in [-0.39, 0.29) is 30.7 Å². The topological polar surface area (TPSA) is 41.1 Å². The fourth-order valence-corrected chi connectivity index (χ4v) is 1.81. The minimum absolute atomic E-state index is 0.0333. The highest BCUT2D eigenvalue weighted by molar-refractivity contribution is 5.82. The van der Waals surface area contributed by atoms with Crippen molar-refractivity contribution in [2.45, 2.75) is 31.2 Å². The van der Waals surface area contributed by atoms with E-state index in [0.717, 1.165) is 13.0 Å². The maximum atomic E-state index is 12.4. The molecule has 5 heteroatoms. The van der Waals surface area contributed by atoms with Crippen LogP contribution in [0.5, 0.6) is 0 Å². The van der Waals surface area contributed by atoms with Gasteiger partial charge in [0, 0.05) is 19.4 Å². The first kappa shape index (κ1) is 9.83. The van der Waals surface area contributed by atoms with Crippen LogP contribution < -0.4 is 10.6 Å². The molecule has 0 aromatic rings. The molecule has 1 aliphatic heterocycles. The van der Waals surface area contributed by atoms with Gasteiger partial charge in [-0.15, -0.1) is 0 Å². The Morgan fingerprint density at radius 1 is 1.50 bits per heavy atom. The van der Waals surface area contributed by atoms with E-state index in [1.165, 1.54) is 0 Å². The third kappa shape index (κ3) is 2.03. The second kappa shape index (κ2) is 3.46. The first-order valence-corrected chi connectivity index (χ1v) is 4.96. The molecule has 14 heavy (non-hydrogen) atoms. The second-order valence-corrected chi connectivity index (χ2v) is 4.17. The van der Waals surface area contributed by atoms with Crippen molar-refractivity contribution >= 4 is 5.91 Å². The molecule has 2 aliphatic rings. The average molecular weight is 204 g/mol. The largest absolute Gasteiger partial charge is 0.354 e. The number of halogens is 2. The van der Waals surface area contributed by atoms with Crippen LogP contribution in [0.1, 0.15) is 19.3 Å². The molecule has 0 radical (unpaired) electrons. The average Bonchev–Trinajstić information content (AvgIpc) is 1.93. The normalized spacial score (nSPS) is 30.3. The standard InChI is InChI=1S/C9H14F2N2O/c10-9(11)3-6(4-9)5-13-8(14)7-1-2-12-7/h6-7,12H,1-5H2,(H,13,14). The lowest BCUT2D eigenvalue weighted by Gasteiger charge is -2.35. The van der Waals surface area contributed by atoms with Crippen LogP contribution in [-0.2, 0) is 4.79 Å². The molecule has 0 spiro atoms. The van der Waals surface area contributed by atoms with Gasteiger partial charge in [-0.2, -0.15) is 0 Å². The SMILES string of the molecule is O=C(NCC1CC(F)(F)C1)C1CCN1. The zero-order valence-corrected chi connectivity index (χ0v) is 7.85. The summed E-state index contributed by atoms with van der Waals surface area (Å²) in [6, 6.07) is -0.0874. The van der Waals surface area contributed by atoms with Crippen molar-refractivity contribution in [3.63, 3.8) is 0 Å². The smallest absolute Gasteiger partial charge is 0.248 e. The molecule has 1 atom stereocenters. The zero-order chi connectivity index (χ0) is 10.2. The Labute approximate surface area is 81.2 Å². The van der Waals surface area contributed by atoms with Crippen molar-refractivity contribution in [1.29, 1.82) is 0 Å². The summed E-state index contributed by atoms with van der Waals surface area (Å²) in [6.45, 7) is 1.27. The van der Waals surface area contributed by atoms with Crippen LogP contribution in [0.3, 0.4) is 0 Å². The lowest BCUT2D eigenvalue weighted by Crippen LogP contribution is -2.54. The molecule has 1 unspecified atom stereocenters. The maximum Gasteiger partial charge on any atom is 0.248 e. The van der Waals surface area contributed by atoms with Crippen LogP contribution in [-0.4, -0.2) is 31.0 Å². The lowest BCUT2D eigenvalue weighted by atomic mass is 9.81. The van der Waals surface area contributed by atoms with Crippen molar-refractivity contribution in [3.8, 4) is 0 Å². The van der Waals surface area contributed by atoms with Gasteiger partial charge in [0.15, 0.2) is 0 Å².